The minimum atomic E-state index is -1.13. The van der Waals surface area contributed by atoms with E-state index in [0.717, 1.165) is 38.8 Å². The quantitative estimate of drug-likeness (QED) is 0.600. The summed E-state index contributed by atoms with van der Waals surface area (Å²) in [5.41, 5.74) is 0.0598. The van der Waals surface area contributed by atoms with Gasteiger partial charge in [0, 0.05) is 31.4 Å². The number of likely N-dealkylation sites (N-methyl/N-ethyl adjacent to an activating group) is 1. The van der Waals surface area contributed by atoms with Crippen LogP contribution >= 0.6 is 0 Å². The van der Waals surface area contributed by atoms with Gasteiger partial charge in [-0.05, 0) is 51.1 Å². The number of amides is 3. The van der Waals surface area contributed by atoms with Gasteiger partial charge in [0.15, 0.2) is 0 Å². The van der Waals surface area contributed by atoms with E-state index in [1.807, 2.05) is 6.92 Å². The predicted octanol–water partition coefficient (Wildman–Crippen LogP) is 3.35. The van der Waals surface area contributed by atoms with E-state index in [9.17, 15) is 18.8 Å². The van der Waals surface area contributed by atoms with Gasteiger partial charge in [-0.1, -0.05) is 26.7 Å². The number of carbonyl (C=O) groups excluding carboxylic acids is 3. The Kier molecular flexibility index (Phi) is 7.17. The molecule has 2 heterocycles. The number of nitrogens with zero attached hydrogens (tertiary/aromatic N) is 3. The van der Waals surface area contributed by atoms with Crippen LogP contribution < -0.4 is 10.6 Å². The highest BCUT2D eigenvalue weighted by atomic mass is 19.1. The molecule has 4 rings (SSSR count). The smallest absolute Gasteiger partial charge is 0.273 e. The van der Waals surface area contributed by atoms with Gasteiger partial charge < -0.3 is 25.0 Å². The van der Waals surface area contributed by atoms with Crippen LogP contribution in [0.2, 0.25) is 0 Å². The molecule has 1 aliphatic heterocycles. The maximum Gasteiger partial charge on any atom is 0.273 e. The summed E-state index contributed by atoms with van der Waals surface area (Å²) in [6, 6.07) is 4.38. The first-order valence-electron chi connectivity index (χ1n) is 12.6. The van der Waals surface area contributed by atoms with Crippen molar-refractivity contribution >= 4 is 34.3 Å². The molecule has 1 saturated carbocycles. The predicted molar refractivity (Wildman–Crippen MR) is 134 cm³/mol. The first-order valence-corrected chi connectivity index (χ1v) is 12.6. The van der Waals surface area contributed by atoms with Crippen molar-refractivity contribution in [1.82, 2.24) is 19.7 Å². The van der Waals surface area contributed by atoms with Gasteiger partial charge in [0.25, 0.3) is 5.91 Å². The summed E-state index contributed by atoms with van der Waals surface area (Å²) < 4.78 is 16.0. The van der Waals surface area contributed by atoms with E-state index in [2.05, 4.69) is 29.4 Å². The molecule has 35 heavy (non-hydrogen) atoms. The van der Waals surface area contributed by atoms with Crippen molar-refractivity contribution in [1.29, 1.82) is 0 Å². The number of aromatic nitrogens is 1. The summed E-state index contributed by atoms with van der Waals surface area (Å²) in [7, 11) is 0. The number of nitrogens with one attached hydrogen (secondary N) is 2. The Balaban J connectivity index is 1.82. The number of hydrogen-bond acceptors (Lipinski definition) is 4. The number of rotatable bonds is 8. The molecule has 0 radical (unpaired) electrons. The summed E-state index contributed by atoms with van der Waals surface area (Å²) in [4.78, 5) is 43.7. The van der Waals surface area contributed by atoms with E-state index in [1.54, 1.807) is 15.5 Å². The summed E-state index contributed by atoms with van der Waals surface area (Å²) in [6.07, 6.45) is 4.06. The molecule has 1 aromatic heterocycles. The molecular formula is C26H36FN5O3. The monoisotopic (exact) mass is 485 g/mol. The number of halogens is 1. The van der Waals surface area contributed by atoms with Crippen molar-refractivity contribution in [3.63, 3.8) is 0 Å². The maximum absolute atomic E-state index is 14.2. The molecule has 0 bridgehead atoms. The lowest BCUT2D eigenvalue weighted by atomic mass is 9.93. The highest BCUT2D eigenvalue weighted by Crippen LogP contribution is 2.39. The molecule has 1 fully saturated rings. The van der Waals surface area contributed by atoms with Gasteiger partial charge in [0.1, 0.15) is 17.1 Å². The first kappa shape index (κ1) is 25.2. The molecule has 0 spiro atoms. The van der Waals surface area contributed by atoms with Crippen molar-refractivity contribution in [3.8, 4) is 0 Å². The Morgan fingerprint density at radius 1 is 1.20 bits per heavy atom. The van der Waals surface area contributed by atoms with E-state index < -0.39 is 11.4 Å². The zero-order valence-corrected chi connectivity index (χ0v) is 21.1. The molecule has 1 aliphatic carbocycles. The molecule has 2 N–H and O–H groups in total. The Labute approximate surface area is 205 Å². The normalized spacial score (nSPS) is 20.5. The summed E-state index contributed by atoms with van der Waals surface area (Å²) in [6.45, 7) is 10.2. The van der Waals surface area contributed by atoms with Crippen LogP contribution in [0.1, 0.15) is 63.9 Å². The fourth-order valence-corrected chi connectivity index (χ4v) is 5.50. The summed E-state index contributed by atoms with van der Waals surface area (Å²) >= 11 is 0. The van der Waals surface area contributed by atoms with Gasteiger partial charge in [-0.25, -0.2) is 4.39 Å². The van der Waals surface area contributed by atoms with Crippen LogP contribution in [-0.2, 0) is 16.1 Å². The molecule has 190 valence electrons. The largest absolute Gasteiger partial charge is 0.351 e. The van der Waals surface area contributed by atoms with Gasteiger partial charge in [0.2, 0.25) is 11.8 Å². The average Bonchev–Trinajstić information content (AvgIpc) is 3.42. The van der Waals surface area contributed by atoms with Crippen LogP contribution in [0.3, 0.4) is 0 Å². The first-order chi connectivity index (χ1) is 16.7. The SMILES string of the molecule is CCN(CC)CCN1C(=O)c2c(NC(C)=O)c3cc(F)ccc3n2CC1(C)C(=O)NC1CCCC1. The number of anilines is 1. The molecule has 1 atom stereocenters. The lowest BCUT2D eigenvalue weighted by molar-refractivity contribution is -0.133. The second-order valence-corrected chi connectivity index (χ2v) is 9.86. The number of benzene rings is 1. The van der Waals surface area contributed by atoms with Crippen LogP contribution in [-0.4, -0.2) is 69.8 Å². The topological polar surface area (TPSA) is 86.7 Å². The van der Waals surface area contributed by atoms with Crippen LogP contribution in [0, 0.1) is 5.82 Å². The number of carbonyl (C=O) groups is 3. The molecule has 9 heteroatoms. The number of hydrogen-bond donors (Lipinski definition) is 2. The second-order valence-electron chi connectivity index (χ2n) is 9.86. The fraction of sp³-hybridized carbons (Fsp3) is 0.577. The standard InChI is InChI=1S/C26H36FN5O3/c1-5-30(6-2)13-14-32-24(34)23-22(28-17(3)33)20-15-18(27)11-12-21(20)31(23)16-26(32,4)25(35)29-19-9-7-8-10-19/h11-12,15,19H,5-10,13-14,16H2,1-4H3,(H,28,33)(H,29,35). The average molecular weight is 486 g/mol. The molecule has 1 aromatic carbocycles. The van der Waals surface area contributed by atoms with Crippen molar-refractivity contribution in [2.24, 2.45) is 0 Å². The van der Waals surface area contributed by atoms with Crippen molar-refractivity contribution < 1.29 is 18.8 Å². The van der Waals surface area contributed by atoms with E-state index in [-0.39, 0.29) is 36.0 Å². The van der Waals surface area contributed by atoms with Crippen LogP contribution in [0.4, 0.5) is 10.1 Å². The van der Waals surface area contributed by atoms with Crippen molar-refractivity contribution in [3.05, 3.63) is 29.7 Å². The van der Waals surface area contributed by atoms with Crippen molar-refractivity contribution in [2.45, 2.75) is 71.5 Å². The highest BCUT2D eigenvalue weighted by Gasteiger charge is 2.49. The Morgan fingerprint density at radius 3 is 2.51 bits per heavy atom. The van der Waals surface area contributed by atoms with Crippen LogP contribution in [0.5, 0.6) is 0 Å². The Bertz CT molecular complexity index is 1140. The van der Waals surface area contributed by atoms with Gasteiger partial charge >= 0.3 is 0 Å². The van der Waals surface area contributed by atoms with Crippen molar-refractivity contribution in [2.75, 3.05) is 31.5 Å². The minimum absolute atomic E-state index is 0.117. The van der Waals surface area contributed by atoms with E-state index in [4.69, 9.17) is 0 Å². The number of fused-ring (bicyclic) bond motifs is 3. The van der Waals surface area contributed by atoms with E-state index in [0.29, 0.717) is 29.7 Å². The van der Waals surface area contributed by atoms with Gasteiger partial charge in [-0.3, -0.25) is 14.4 Å². The maximum atomic E-state index is 14.2. The molecule has 3 amide bonds. The zero-order valence-electron chi connectivity index (χ0n) is 21.1. The van der Waals surface area contributed by atoms with Gasteiger partial charge in [-0.2, -0.15) is 0 Å². The third-order valence-electron chi connectivity index (χ3n) is 7.55. The Morgan fingerprint density at radius 2 is 1.89 bits per heavy atom. The Hall–Kier alpha value is -2.94. The van der Waals surface area contributed by atoms with E-state index >= 15 is 0 Å². The summed E-state index contributed by atoms with van der Waals surface area (Å²) in [5, 5.41) is 6.40. The molecule has 1 unspecified atom stereocenters. The minimum Gasteiger partial charge on any atom is -0.351 e. The van der Waals surface area contributed by atoms with E-state index in [1.165, 1.54) is 19.1 Å². The fourth-order valence-electron chi connectivity index (χ4n) is 5.50. The molecular weight excluding hydrogens is 449 g/mol. The molecule has 2 aromatic rings. The lowest BCUT2D eigenvalue weighted by Gasteiger charge is -2.45. The molecule has 0 saturated heterocycles. The third kappa shape index (κ3) is 4.66. The second kappa shape index (κ2) is 9.97. The summed E-state index contributed by atoms with van der Waals surface area (Å²) in [5.74, 6) is -1.32. The molecule has 2 aliphatic rings. The lowest BCUT2D eigenvalue weighted by Crippen LogP contribution is -2.65. The van der Waals surface area contributed by atoms with Crippen LogP contribution in [0.25, 0.3) is 10.9 Å². The van der Waals surface area contributed by atoms with Crippen LogP contribution in [0.15, 0.2) is 18.2 Å². The highest BCUT2D eigenvalue weighted by molar-refractivity contribution is 6.14. The third-order valence-corrected chi connectivity index (χ3v) is 7.55. The van der Waals surface area contributed by atoms with Gasteiger partial charge in [0.05, 0.1) is 17.7 Å². The van der Waals surface area contributed by atoms with Gasteiger partial charge in [-0.15, -0.1) is 0 Å². The zero-order chi connectivity index (χ0) is 25.3. The molecule has 8 nitrogen and oxygen atoms in total.